The first-order valence-corrected chi connectivity index (χ1v) is 4.75. The summed E-state index contributed by atoms with van der Waals surface area (Å²) < 4.78 is 5.32. The highest BCUT2D eigenvalue weighted by molar-refractivity contribution is 6.30. The van der Waals surface area contributed by atoms with Gasteiger partial charge in [-0.25, -0.2) is 4.98 Å². The molecule has 0 aliphatic rings. The second-order valence-electron chi connectivity index (χ2n) is 3.10. The molecule has 0 aromatic carbocycles. The molecule has 0 amide bonds. The first kappa shape index (κ1) is 10.1. The zero-order valence-electron chi connectivity index (χ0n) is 8.01. The minimum absolute atomic E-state index is 0.279. The van der Waals surface area contributed by atoms with Crippen LogP contribution in [0.4, 0.5) is 0 Å². The van der Waals surface area contributed by atoms with Gasteiger partial charge in [-0.2, -0.15) is 0 Å². The lowest BCUT2D eigenvalue weighted by Crippen LogP contribution is -2.04. The molecule has 2 aromatic heterocycles. The Labute approximate surface area is 91.3 Å². The van der Waals surface area contributed by atoms with Crippen LogP contribution >= 0.6 is 11.6 Å². The quantitative estimate of drug-likeness (QED) is 0.842. The molecule has 6 heteroatoms. The molecule has 2 aromatic rings. The fraction of sp³-hybridized carbons (Fsp3) is 0.222. The summed E-state index contributed by atoms with van der Waals surface area (Å²) in [5.74, 6) is 0.737. The zero-order chi connectivity index (χ0) is 10.8. The molecular weight excluding hydrogens is 216 g/mol. The number of halogens is 1. The molecule has 2 rings (SSSR count). The predicted octanol–water partition coefficient (Wildman–Crippen LogP) is 1.80. The number of pyridine rings is 1. The Morgan fingerprint density at radius 3 is 2.73 bits per heavy atom. The van der Waals surface area contributed by atoms with E-state index in [-0.39, 0.29) is 6.04 Å². The molecule has 0 spiro atoms. The van der Waals surface area contributed by atoms with E-state index >= 15 is 0 Å². The third-order valence-electron chi connectivity index (χ3n) is 1.78. The van der Waals surface area contributed by atoms with Crippen LogP contribution in [0.15, 0.2) is 22.7 Å². The first-order chi connectivity index (χ1) is 7.16. The summed E-state index contributed by atoms with van der Waals surface area (Å²) in [4.78, 5) is 4.05. The molecule has 0 radical (unpaired) electrons. The monoisotopic (exact) mass is 224 g/mol. The Kier molecular flexibility index (Phi) is 2.66. The van der Waals surface area contributed by atoms with Gasteiger partial charge in [0.2, 0.25) is 5.89 Å². The molecule has 2 N–H and O–H groups in total. The highest BCUT2D eigenvalue weighted by atomic mass is 35.5. The minimum Gasteiger partial charge on any atom is -0.418 e. The van der Waals surface area contributed by atoms with Gasteiger partial charge in [-0.05, 0) is 19.1 Å². The molecule has 78 valence electrons. The number of nitrogens with zero attached hydrogens (tertiary/aromatic N) is 3. The van der Waals surface area contributed by atoms with Crippen molar-refractivity contribution < 1.29 is 4.42 Å². The van der Waals surface area contributed by atoms with Gasteiger partial charge in [-0.15, -0.1) is 10.2 Å². The Balaban J connectivity index is 2.33. The molecule has 1 atom stereocenters. The lowest BCUT2D eigenvalue weighted by atomic mass is 10.3. The van der Waals surface area contributed by atoms with E-state index in [0.29, 0.717) is 22.5 Å². The van der Waals surface area contributed by atoms with E-state index in [2.05, 4.69) is 15.2 Å². The molecule has 0 aliphatic heterocycles. The average Bonchev–Trinajstić information content (AvgIpc) is 2.68. The molecule has 2 heterocycles. The molecular formula is C9H9ClN4O. The van der Waals surface area contributed by atoms with Crippen LogP contribution in [0.3, 0.4) is 0 Å². The van der Waals surface area contributed by atoms with Crippen LogP contribution in [0, 0.1) is 0 Å². The molecule has 5 nitrogen and oxygen atoms in total. The molecule has 0 aliphatic carbocycles. The maximum Gasteiger partial charge on any atom is 0.266 e. The van der Waals surface area contributed by atoms with E-state index in [1.807, 2.05) is 0 Å². The van der Waals surface area contributed by atoms with Crippen molar-refractivity contribution >= 4 is 11.6 Å². The topological polar surface area (TPSA) is 77.8 Å². The van der Waals surface area contributed by atoms with Gasteiger partial charge in [0.25, 0.3) is 5.89 Å². The summed E-state index contributed by atoms with van der Waals surface area (Å²) in [6.07, 6.45) is 1.52. The SMILES string of the molecule is CC(N)c1nnc(-c2ccc(Cl)cn2)o1. The number of hydrogen-bond acceptors (Lipinski definition) is 5. The van der Waals surface area contributed by atoms with Crippen molar-refractivity contribution in [3.05, 3.63) is 29.2 Å². The van der Waals surface area contributed by atoms with Gasteiger partial charge >= 0.3 is 0 Å². The van der Waals surface area contributed by atoms with Crippen molar-refractivity contribution in [2.24, 2.45) is 5.73 Å². The van der Waals surface area contributed by atoms with E-state index in [0.717, 1.165) is 0 Å². The third-order valence-corrected chi connectivity index (χ3v) is 2.00. The predicted molar refractivity (Wildman–Crippen MR) is 55.1 cm³/mol. The van der Waals surface area contributed by atoms with Crippen LogP contribution < -0.4 is 5.73 Å². The van der Waals surface area contributed by atoms with Crippen molar-refractivity contribution in [2.75, 3.05) is 0 Å². The summed E-state index contributed by atoms with van der Waals surface area (Å²) >= 11 is 5.71. The highest BCUT2D eigenvalue weighted by Gasteiger charge is 2.11. The number of rotatable bonds is 2. The standard InChI is InChI=1S/C9H9ClN4O/c1-5(11)8-13-14-9(15-8)7-3-2-6(10)4-12-7/h2-5H,11H2,1H3. The van der Waals surface area contributed by atoms with Gasteiger partial charge in [-0.1, -0.05) is 11.6 Å². The van der Waals surface area contributed by atoms with Crippen LogP contribution in [-0.2, 0) is 0 Å². The van der Waals surface area contributed by atoms with Crippen LogP contribution in [-0.4, -0.2) is 15.2 Å². The van der Waals surface area contributed by atoms with Crippen LogP contribution in [0.2, 0.25) is 5.02 Å². The maximum absolute atomic E-state index is 5.71. The smallest absolute Gasteiger partial charge is 0.266 e. The fourth-order valence-corrected chi connectivity index (χ4v) is 1.14. The number of hydrogen-bond donors (Lipinski definition) is 1. The first-order valence-electron chi connectivity index (χ1n) is 4.37. The second-order valence-corrected chi connectivity index (χ2v) is 3.53. The minimum atomic E-state index is -0.279. The summed E-state index contributed by atoms with van der Waals surface area (Å²) in [5, 5.41) is 8.20. The van der Waals surface area contributed by atoms with E-state index < -0.39 is 0 Å². The summed E-state index contributed by atoms with van der Waals surface area (Å²) in [7, 11) is 0. The van der Waals surface area contributed by atoms with Crippen molar-refractivity contribution in [3.8, 4) is 11.6 Å². The van der Waals surface area contributed by atoms with Crippen LogP contribution in [0.5, 0.6) is 0 Å². The molecule has 0 fully saturated rings. The molecule has 0 bridgehead atoms. The van der Waals surface area contributed by atoms with Gasteiger partial charge in [-0.3, -0.25) is 0 Å². The Morgan fingerprint density at radius 1 is 1.40 bits per heavy atom. The Bertz CT molecular complexity index is 451. The summed E-state index contributed by atoms with van der Waals surface area (Å²) in [6.45, 7) is 1.77. The summed E-state index contributed by atoms with van der Waals surface area (Å²) in [6, 6.07) is 3.14. The molecule has 0 saturated heterocycles. The van der Waals surface area contributed by atoms with Gasteiger partial charge in [0, 0.05) is 6.20 Å². The lowest BCUT2D eigenvalue weighted by Gasteiger charge is -1.95. The number of aromatic nitrogens is 3. The lowest BCUT2D eigenvalue weighted by molar-refractivity contribution is 0.472. The largest absolute Gasteiger partial charge is 0.418 e. The molecule has 15 heavy (non-hydrogen) atoms. The Hall–Kier alpha value is -1.46. The van der Waals surface area contributed by atoms with Crippen LogP contribution in [0.1, 0.15) is 18.9 Å². The van der Waals surface area contributed by atoms with Gasteiger partial charge in [0.15, 0.2) is 0 Å². The normalized spacial score (nSPS) is 12.7. The Morgan fingerprint density at radius 2 is 2.20 bits per heavy atom. The van der Waals surface area contributed by atoms with E-state index in [9.17, 15) is 0 Å². The van der Waals surface area contributed by atoms with Crippen molar-refractivity contribution in [3.63, 3.8) is 0 Å². The van der Waals surface area contributed by atoms with Crippen LogP contribution in [0.25, 0.3) is 11.6 Å². The van der Waals surface area contributed by atoms with Crippen molar-refractivity contribution in [1.29, 1.82) is 0 Å². The third kappa shape index (κ3) is 2.14. The maximum atomic E-state index is 5.71. The van der Waals surface area contributed by atoms with Gasteiger partial charge in [0.1, 0.15) is 5.69 Å². The number of nitrogens with two attached hydrogens (primary N) is 1. The summed E-state index contributed by atoms with van der Waals surface area (Å²) in [5.41, 5.74) is 6.17. The van der Waals surface area contributed by atoms with Gasteiger partial charge < -0.3 is 10.2 Å². The molecule has 1 unspecified atom stereocenters. The van der Waals surface area contributed by atoms with E-state index in [1.165, 1.54) is 6.20 Å². The second kappa shape index (κ2) is 3.96. The zero-order valence-corrected chi connectivity index (χ0v) is 8.77. The van der Waals surface area contributed by atoms with Crippen molar-refractivity contribution in [1.82, 2.24) is 15.2 Å². The fourth-order valence-electron chi connectivity index (χ4n) is 1.02. The van der Waals surface area contributed by atoms with E-state index in [4.69, 9.17) is 21.8 Å². The molecule has 0 saturated carbocycles. The van der Waals surface area contributed by atoms with Crippen molar-refractivity contribution in [2.45, 2.75) is 13.0 Å². The average molecular weight is 225 g/mol. The van der Waals surface area contributed by atoms with Gasteiger partial charge in [0.05, 0.1) is 11.1 Å². The highest BCUT2D eigenvalue weighted by Crippen LogP contribution is 2.18. The van der Waals surface area contributed by atoms with E-state index in [1.54, 1.807) is 19.1 Å².